The van der Waals surface area contributed by atoms with E-state index in [1.165, 1.54) is 16.4 Å². The molecule has 4 rings (SSSR count). The van der Waals surface area contributed by atoms with Gasteiger partial charge in [-0.25, -0.2) is 13.2 Å². The summed E-state index contributed by atoms with van der Waals surface area (Å²) in [7, 11) is -3.86. The lowest BCUT2D eigenvalue weighted by Crippen LogP contribution is -2.50. The van der Waals surface area contributed by atoms with Crippen molar-refractivity contribution in [2.45, 2.75) is 44.7 Å². The Bertz CT molecular complexity index is 1370. The zero-order chi connectivity index (χ0) is 24.5. The molecule has 1 aliphatic rings. The number of para-hydroxylation sites is 2. The molecule has 0 spiro atoms. The van der Waals surface area contributed by atoms with Crippen LogP contribution in [0, 0.1) is 6.92 Å². The summed E-state index contributed by atoms with van der Waals surface area (Å²) in [6.07, 6.45) is 0.992. The Labute approximate surface area is 198 Å². The van der Waals surface area contributed by atoms with Crippen molar-refractivity contribution in [2.24, 2.45) is 0 Å². The molecule has 182 valence electrons. The highest BCUT2D eigenvalue weighted by molar-refractivity contribution is 7.89. The average Bonchev–Trinajstić information content (AvgIpc) is 3.10. The molecule has 0 unspecified atom stereocenters. The number of hydrogen-bond acceptors (Lipinski definition) is 5. The summed E-state index contributed by atoms with van der Waals surface area (Å²) in [5, 5.41) is 10.1. The summed E-state index contributed by atoms with van der Waals surface area (Å²) in [4.78, 5) is 27.3. The first-order valence-electron chi connectivity index (χ1n) is 11.5. The third-order valence-corrected chi connectivity index (χ3v) is 8.17. The maximum Gasteiger partial charge on any atom is 0.329 e. The number of aryl methyl sites for hydroxylation is 3. The summed E-state index contributed by atoms with van der Waals surface area (Å²) in [6.45, 7) is 5.49. The van der Waals surface area contributed by atoms with Gasteiger partial charge in [-0.2, -0.15) is 4.31 Å². The van der Waals surface area contributed by atoms with Crippen LogP contribution in [0.5, 0.6) is 5.75 Å². The number of aromatic nitrogens is 2. The van der Waals surface area contributed by atoms with Crippen molar-refractivity contribution in [1.29, 1.82) is 0 Å². The van der Waals surface area contributed by atoms with Crippen LogP contribution in [0.1, 0.15) is 25.3 Å². The number of phenols is 1. The predicted octanol–water partition coefficient (Wildman–Crippen LogP) is 2.15. The molecule has 0 atom stereocenters. The van der Waals surface area contributed by atoms with Crippen molar-refractivity contribution >= 4 is 27.0 Å². The van der Waals surface area contributed by atoms with Crippen LogP contribution in [0.15, 0.2) is 52.2 Å². The van der Waals surface area contributed by atoms with Gasteiger partial charge >= 0.3 is 5.69 Å². The number of fused-ring (bicyclic) bond motifs is 1. The molecule has 1 aliphatic heterocycles. The minimum absolute atomic E-state index is 0.116. The monoisotopic (exact) mass is 486 g/mol. The number of aromatic hydroxyl groups is 1. The van der Waals surface area contributed by atoms with Gasteiger partial charge in [0.2, 0.25) is 15.9 Å². The molecule has 0 aliphatic carbocycles. The quantitative estimate of drug-likeness (QED) is 0.551. The summed E-state index contributed by atoms with van der Waals surface area (Å²) >= 11 is 0. The van der Waals surface area contributed by atoms with Gasteiger partial charge in [0.25, 0.3) is 0 Å². The van der Waals surface area contributed by atoms with Crippen molar-refractivity contribution in [2.75, 3.05) is 26.2 Å². The van der Waals surface area contributed by atoms with Gasteiger partial charge in [0.1, 0.15) is 10.6 Å². The third kappa shape index (κ3) is 4.47. The van der Waals surface area contributed by atoms with Crippen LogP contribution in [-0.4, -0.2) is 63.9 Å². The predicted molar refractivity (Wildman–Crippen MR) is 129 cm³/mol. The first-order chi connectivity index (χ1) is 16.2. The number of rotatable bonds is 7. The molecule has 34 heavy (non-hydrogen) atoms. The Kier molecular flexibility index (Phi) is 6.81. The van der Waals surface area contributed by atoms with Gasteiger partial charge in [-0.3, -0.25) is 13.9 Å². The standard InChI is InChI=1S/C24H30N4O5S/c1-3-11-27-19-6-4-5-7-20(19)28(24(27)31)12-10-23(30)25-13-15-26(16-14-25)34(32,33)22-17-18(2)8-9-21(22)29/h4-9,17,29H,3,10-16H2,1-2H3. The number of carbonyl (C=O) groups excluding carboxylic acids is 1. The average molecular weight is 487 g/mol. The first kappa shape index (κ1) is 24.0. The van der Waals surface area contributed by atoms with Gasteiger partial charge in [0.05, 0.1) is 11.0 Å². The zero-order valence-corrected chi connectivity index (χ0v) is 20.3. The molecule has 1 N–H and O–H groups in total. The van der Waals surface area contributed by atoms with Gasteiger partial charge in [-0.1, -0.05) is 25.1 Å². The molecule has 9 nitrogen and oxygen atoms in total. The summed E-state index contributed by atoms with van der Waals surface area (Å²) < 4.78 is 30.7. The topological polar surface area (TPSA) is 105 Å². The van der Waals surface area contributed by atoms with Gasteiger partial charge in [0.15, 0.2) is 0 Å². The number of sulfonamides is 1. The maximum atomic E-state index is 13.0. The molecule has 2 heterocycles. The van der Waals surface area contributed by atoms with E-state index in [1.54, 1.807) is 27.0 Å². The Morgan fingerprint density at radius 1 is 0.971 bits per heavy atom. The molecular formula is C24H30N4O5S. The summed E-state index contributed by atoms with van der Waals surface area (Å²) in [5.41, 5.74) is 2.29. The van der Waals surface area contributed by atoms with Crippen LogP contribution in [0.25, 0.3) is 11.0 Å². The maximum absolute atomic E-state index is 13.0. The molecule has 3 aromatic rings. The fourth-order valence-electron chi connectivity index (χ4n) is 4.44. The number of hydrogen-bond donors (Lipinski definition) is 1. The largest absolute Gasteiger partial charge is 0.507 e. The minimum Gasteiger partial charge on any atom is -0.507 e. The Morgan fingerprint density at radius 2 is 1.59 bits per heavy atom. The normalized spacial score (nSPS) is 15.2. The third-order valence-electron chi connectivity index (χ3n) is 6.25. The molecule has 1 saturated heterocycles. The van der Waals surface area contributed by atoms with E-state index in [0.29, 0.717) is 6.54 Å². The number of imidazole rings is 1. The number of nitrogens with zero attached hydrogens (tertiary/aromatic N) is 4. The van der Waals surface area contributed by atoms with Gasteiger partial charge in [-0.05, 0) is 43.2 Å². The molecule has 10 heteroatoms. The summed E-state index contributed by atoms with van der Waals surface area (Å²) in [5.74, 6) is -0.397. The van der Waals surface area contributed by atoms with Crippen molar-refractivity contribution in [3.63, 3.8) is 0 Å². The number of carbonyl (C=O) groups is 1. The van der Waals surface area contributed by atoms with Crippen molar-refractivity contribution < 1.29 is 18.3 Å². The lowest BCUT2D eigenvalue weighted by Gasteiger charge is -2.34. The molecule has 1 fully saturated rings. The summed E-state index contributed by atoms with van der Waals surface area (Å²) in [6, 6.07) is 12.1. The highest BCUT2D eigenvalue weighted by atomic mass is 32.2. The van der Waals surface area contributed by atoms with E-state index in [-0.39, 0.29) is 61.4 Å². The lowest BCUT2D eigenvalue weighted by molar-refractivity contribution is -0.132. The fourth-order valence-corrected chi connectivity index (χ4v) is 6.03. The van der Waals surface area contributed by atoms with Gasteiger partial charge in [0, 0.05) is 45.7 Å². The van der Waals surface area contributed by atoms with Crippen molar-refractivity contribution in [1.82, 2.24) is 18.3 Å². The van der Waals surface area contributed by atoms with E-state index in [1.807, 2.05) is 31.2 Å². The second kappa shape index (κ2) is 9.63. The first-order valence-corrected chi connectivity index (χ1v) is 12.9. The van der Waals surface area contributed by atoms with Crippen LogP contribution in [-0.2, 0) is 27.9 Å². The van der Waals surface area contributed by atoms with E-state index in [9.17, 15) is 23.1 Å². The second-order valence-corrected chi connectivity index (χ2v) is 10.5. The molecule has 1 aromatic heterocycles. The van der Waals surface area contributed by atoms with E-state index >= 15 is 0 Å². The molecule has 0 saturated carbocycles. The van der Waals surface area contributed by atoms with Crippen molar-refractivity contribution in [3.05, 3.63) is 58.5 Å². The lowest BCUT2D eigenvalue weighted by atomic mass is 10.2. The smallest absolute Gasteiger partial charge is 0.329 e. The molecule has 1 amide bonds. The van der Waals surface area contributed by atoms with E-state index < -0.39 is 10.0 Å². The van der Waals surface area contributed by atoms with Crippen LogP contribution >= 0.6 is 0 Å². The van der Waals surface area contributed by atoms with Crippen molar-refractivity contribution in [3.8, 4) is 5.75 Å². The van der Waals surface area contributed by atoms with Crippen LogP contribution in [0.3, 0.4) is 0 Å². The number of piperazine rings is 1. The SMILES string of the molecule is CCCn1c(=O)n(CCC(=O)N2CCN(S(=O)(=O)c3cc(C)ccc3O)CC2)c2ccccc21. The van der Waals surface area contributed by atoms with Crippen LogP contribution in [0.4, 0.5) is 0 Å². The number of phenolic OH excluding ortho intramolecular Hbond substituents is 1. The second-order valence-electron chi connectivity index (χ2n) is 8.58. The fraction of sp³-hybridized carbons (Fsp3) is 0.417. The Balaban J connectivity index is 1.42. The van der Waals surface area contributed by atoms with Crippen LogP contribution in [0.2, 0.25) is 0 Å². The minimum atomic E-state index is -3.86. The van der Waals surface area contributed by atoms with Gasteiger partial charge < -0.3 is 10.0 Å². The molecule has 0 bridgehead atoms. The highest BCUT2D eigenvalue weighted by Gasteiger charge is 2.32. The van der Waals surface area contributed by atoms with E-state index in [2.05, 4.69) is 0 Å². The Hall–Kier alpha value is -3.11. The zero-order valence-electron chi connectivity index (χ0n) is 19.5. The Morgan fingerprint density at radius 3 is 2.21 bits per heavy atom. The highest BCUT2D eigenvalue weighted by Crippen LogP contribution is 2.27. The molecule has 2 aromatic carbocycles. The number of benzene rings is 2. The van der Waals surface area contributed by atoms with Gasteiger partial charge in [-0.15, -0.1) is 0 Å². The molecular weight excluding hydrogens is 456 g/mol. The van der Waals surface area contributed by atoms with E-state index in [0.717, 1.165) is 23.0 Å². The van der Waals surface area contributed by atoms with E-state index in [4.69, 9.17) is 0 Å². The van der Waals surface area contributed by atoms with Crippen LogP contribution < -0.4 is 5.69 Å². The number of amides is 1. The molecule has 0 radical (unpaired) electrons.